The Kier molecular flexibility index (Phi) is 5.02. The Labute approximate surface area is 126 Å². The van der Waals surface area contributed by atoms with Crippen LogP contribution < -0.4 is 10.5 Å². The quantitative estimate of drug-likeness (QED) is 0.858. The van der Waals surface area contributed by atoms with Gasteiger partial charge in [-0.2, -0.15) is 0 Å². The van der Waals surface area contributed by atoms with E-state index in [1.807, 2.05) is 24.3 Å². The van der Waals surface area contributed by atoms with Gasteiger partial charge in [0.1, 0.15) is 11.9 Å². The minimum Gasteiger partial charge on any atom is -0.482 e. The van der Waals surface area contributed by atoms with Gasteiger partial charge in [-0.1, -0.05) is 19.1 Å². The van der Waals surface area contributed by atoms with Gasteiger partial charge < -0.3 is 10.5 Å². The fourth-order valence-corrected chi connectivity index (χ4v) is 3.22. The summed E-state index contributed by atoms with van der Waals surface area (Å²) in [5.74, 6) is 0.836. The molecular weight excluding hydrogens is 322 g/mol. The van der Waals surface area contributed by atoms with Crippen LogP contribution in [-0.2, 0) is 0 Å². The smallest absolute Gasteiger partial charge is 0.148 e. The summed E-state index contributed by atoms with van der Waals surface area (Å²) in [6, 6.07) is 12.1. The molecule has 0 aliphatic carbocycles. The van der Waals surface area contributed by atoms with Crippen molar-refractivity contribution in [1.82, 2.24) is 0 Å². The van der Waals surface area contributed by atoms with Crippen molar-refractivity contribution in [1.29, 1.82) is 0 Å². The number of benzene rings is 1. The molecule has 4 heteroatoms. The van der Waals surface area contributed by atoms with Crippen LogP contribution in [-0.4, -0.2) is 6.04 Å². The molecule has 0 amide bonds. The van der Waals surface area contributed by atoms with Crippen molar-refractivity contribution in [2.75, 3.05) is 0 Å². The van der Waals surface area contributed by atoms with Crippen LogP contribution in [0.15, 0.2) is 40.9 Å². The molecule has 19 heavy (non-hydrogen) atoms. The topological polar surface area (TPSA) is 35.2 Å². The number of hydrogen-bond donors (Lipinski definition) is 1. The Morgan fingerprint density at radius 3 is 2.58 bits per heavy atom. The van der Waals surface area contributed by atoms with E-state index in [2.05, 4.69) is 41.9 Å². The van der Waals surface area contributed by atoms with E-state index >= 15 is 0 Å². The molecule has 2 unspecified atom stereocenters. The van der Waals surface area contributed by atoms with Crippen molar-refractivity contribution >= 4 is 27.3 Å². The summed E-state index contributed by atoms with van der Waals surface area (Å²) in [4.78, 5) is 2.46. The standard InChI is InChI=1S/C15H18BrNOS/c1-3-12(17)15(14-9-8-10(2)19-14)18-13-7-5-4-6-11(13)16/h4-9,12,15H,3,17H2,1-2H3. The normalized spacial score (nSPS) is 14.1. The third kappa shape index (κ3) is 3.59. The molecule has 0 aliphatic rings. The van der Waals surface area contributed by atoms with Gasteiger partial charge in [-0.25, -0.2) is 0 Å². The maximum atomic E-state index is 6.22. The second-order valence-electron chi connectivity index (χ2n) is 4.49. The second kappa shape index (κ2) is 6.55. The van der Waals surface area contributed by atoms with Crippen LogP contribution in [0.4, 0.5) is 0 Å². The summed E-state index contributed by atoms with van der Waals surface area (Å²) in [5.41, 5.74) is 6.22. The van der Waals surface area contributed by atoms with Crippen molar-refractivity contribution < 1.29 is 4.74 Å². The first-order chi connectivity index (χ1) is 9.11. The fourth-order valence-electron chi connectivity index (χ4n) is 1.85. The predicted molar refractivity (Wildman–Crippen MR) is 84.8 cm³/mol. The van der Waals surface area contributed by atoms with E-state index in [0.29, 0.717) is 0 Å². The highest BCUT2D eigenvalue weighted by Gasteiger charge is 2.22. The molecule has 0 radical (unpaired) electrons. The minimum atomic E-state index is -0.0950. The lowest BCUT2D eigenvalue weighted by molar-refractivity contribution is 0.173. The highest BCUT2D eigenvalue weighted by atomic mass is 79.9. The van der Waals surface area contributed by atoms with Crippen molar-refractivity contribution in [3.63, 3.8) is 0 Å². The first-order valence-electron chi connectivity index (χ1n) is 6.35. The number of thiophene rings is 1. The molecule has 2 aromatic rings. The van der Waals surface area contributed by atoms with Crippen molar-refractivity contribution in [2.24, 2.45) is 5.73 Å². The lowest BCUT2D eigenvalue weighted by Gasteiger charge is -2.24. The van der Waals surface area contributed by atoms with E-state index in [0.717, 1.165) is 16.6 Å². The molecule has 0 aliphatic heterocycles. The monoisotopic (exact) mass is 339 g/mol. The molecule has 0 spiro atoms. The van der Waals surface area contributed by atoms with Gasteiger partial charge in [-0.05, 0) is 53.5 Å². The summed E-state index contributed by atoms with van der Waals surface area (Å²) in [6.07, 6.45) is 0.786. The zero-order valence-corrected chi connectivity index (χ0v) is 13.5. The lowest BCUT2D eigenvalue weighted by atomic mass is 10.1. The molecular formula is C15H18BrNOS. The van der Waals surface area contributed by atoms with Crippen LogP contribution in [0, 0.1) is 6.92 Å². The van der Waals surface area contributed by atoms with E-state index in [9.17, 15) is 0 Å². The highest BCUT2D eigenvalue weighted by Crippen LogP contribution is 2.33. The summed E-state index contributed by atoms with van der Waals surface area (Å²) in [6.45, 7) is 4.18. The van der Waals surface area contributed by atoms with E-state index in [1.54, 1.807) is 11.3 Å². The number of rotatable bonds is 5. The maximum absolute atomic E-state index is 6.22. The molecule has 1 aromatic heterocycles. The third-order valence-electron chi connectivity index (χ3n) is 2.99. The van der Waals surface area contributed by atoms with Crippen LogP contribution in [0.1, 0.15) is 29.2 Å². The average molecular weight is 340 g/mol. The molecule has 1 heterocycles. The van der Waals surface area contributed by atoms with Gasteiger partial charge >= 0.3 is 0 Å². The number of para-hydroxylation sites is 1. The van der Waals surface area contributed by atoms with Gasteiger partial charge in [0.05, 0.1) is 4.47 Å². The summed E-state index contributed by atoms with van der Waals surface area (Å²) in [5, 5.41) is 0. The van der Waals surface area contributed by atoms with Crippen molar-refractivity contribution in [3.8, 4) is 5.75 Å². The molecule has 1 aromatic carbocycles. The zero-order valence-electron chi connectivity index (χ0n) is 11.1. The van der Waals surface area contributed by atoms with Crippen molar-refractivity contribution in [3.05, 3.63) is 50.6 Å². The maximum Gasteiger partial charge on any atom is 0.148 e. The minimum absolute atomic E-state index is 0.00911. The first-order valence-corrected chi connectivity index (χ1v) is 7.96. The van der Waals surface area contributed by atoms with Crippen LogP contribution in [0.5, 0.6) is 5.75 Å². The third-order valence-corrected chi connectivity index (χ3v) is 4.71. The first kappa shape index (κ1) is 14.6. The van der Waals surface area contributed by atoms with Gasteiger partial charge in [0, 0.05) is 15.8 Å². The largest absolute Gasteiger partial charge is 0.482 e. The summed E-state index contributed by atoms with van der Waals surface area (Å²) < 4.78 is 7.09. The van der Waals surface area contributed by atoms with E-state index in [1.165, 1.54) is 9.75 Å². The summed E-state index contributed by atoms with van der Waals surface area (Å²) in [7, 11) is 0. The number of hydrogen-bond acceptors (Lipinski definition) is 3. The van der Waals surface area contributed by atoms with Gasteiger partial charge in [-0.15, -0.1) is 11.3 Å². The van der Waals surface area contributed by atoms with Crippen LogP contribution in [0.2, 0.25) is 0 Å². The Hall–Kier alpha value is -0.840. The fraction of sp³-hybridized carbons (Fsp3) is 0.333. The SMILES string of the molecule is CCC(N)C(Oc1ccccc1Br)c1ccc(C)s1. The van der Waals surface area contributed by atoms with Crippen LogP contribution >= 0.6 is 27.3 Å². The van der Waals surface area contributed by atoms with Gasteiger partial charge in [0.15, 0.2) is 0 Å². The molecule has 2 nitrogen and oxygen atoms in total. The summed E-state index contributed by atoms with van der Waals surface area (Å²) >= 11 is 5.26. The Bertz CT molecular complexity index is 540. The van der Waals surface area contributed by atoms with Crippen molar-refractivity contribution in [2.45, 2.75) is 32.4 Å². The van der Waals surface area contributed by atoms with Gasteiger partial charge in [0.25, 0.3) is 0 Å². The van der Waals surface area contributed by atoms with Crippen LogP contribution in [0.3, 0.4) is 0 Å². The predicted octanol–water partition coefficient (Wildman–Crippen LogP) is 4.68. The lowest BCUT2D eigenvalue weighted by Crippen LogP contribution is -2.31. The molecule has 0 saturated heterocycles. The number of aryl methyl sites for hydroxylation is 1. The van der Waals surface area contributed by atoms with E-state index < -0.39 is 0 Å². The number of nitrogens with two attached hydrogens (primary N) is 1. The Morgan fingerprint density at radius 2 is 2.00 bits per heavy atom. The second-order valence-corrected chi connectivity index (χ2v) is 6.66. The molecule has 2 N–H and O–H groups in total. The average Bonchev–Trinajstić information content (AvgIpc) is 2.83. The van der Waals surface area contributed by atoms with Crippen LogP contribution in [0.25, 0.3) is 0 Å². The Balaban J connectivity index is 2.27. The molecule has 2 atom stereocenters. The molecule has 0 fully saturated rings. The highest BCUT2D eigenvalue weighted by molar-refractivity contribution is 9.10. The van der Waals surface area contributed by atoms with Gasteiger partial charge in [0.2, 0.25) is 0 Å². The van der Waals surface area contributed by atoms with E-state index in [-0.39, 0.29) is 12.1 Å². The van der Waals surface area contributed by atoms with Gasteiger partial charge in [-0.3, -0.25) is 0 Å². The number of halogens is 1. The van der Waals surface area contributed by atoms with E-state index in [4.69, 9.17) is 10.5 Å². The molecule has 2 rings (SSSR count). The number of ether oxygens (including phenoxy) is 1. The Morgan fingerprint density at radius 1 is 1.26 bits per heavy atom. The molecule has 102 valence electrons. The zero-order chi connectivity index (χ0) is 13.8. The molecule has 0 bridgehead atoms. The molecule has 0 saturated carbocycles.